The summed E-state index contributed by atoms with van der Waals surface area (Å²) >= 11 is 0. The molecule has 0 saturated heterocycles. The third kappa shape index (κ3) is 4.04. The van der Waals surface area contributed by atoms with E-state index < -0.39 is 10.0 Å². The second kappa shape index (κ2) is 6.24. The number of nitrogens with zero attached hydrogens (tertiary/aromatic N) is 1. The zero-order chi connectivity index (χ0) is 14.8. The van der Waals surface area contributed by atoms with Gasteiger partial charge in [-0.05, 0) is 19.3 Å². The van der Waals surface area contributed by atoms with Gasteiger partial charge >= 0.3 is 0 Å². The first kappa shape index (κ1) is 15.5. The molecule has 20 heavy (non-hydrogen) atoms. The molecule has 0 atom stereocenters. The molecule has 0 unspecified atom stereocenters. The molecule has 0 radical (unpaired) electrons. The molecule has 1 aliphatic carbocycles. The highest BCUT2D eigenvalue weighted by atomic mass is 32.2. The number of nitrogens with one attached hydrogen (secondary N) is 3. The summed E-state index contributed by atoms with van der Waals surface area (Å²) in [4.78, 5) is 0. The first-order chi connectivity index (χ1) is 9.40. The number of sulfonamides is 1. The van der Waals surface area contributed by atoms with Crippen molar-refractivity contribution in [3.8, 4) is 0 Å². The highest BCUT2D eigenvalue weighted by Gasteiger charge is 2.25. The smallest absolute Gasteiger partial charge is 0.260 e. The van der Waals surface area contributed by atoms with Crippen molar-refractivity contribution in [2.75, 3.05) is 6.54 Å². The Kier molecular flexibility index (Phi) is 4.82. The first-order valence-corrected chi connectivity index (χ1v) is 8.65. The second-order valence-corrected chi connectivity index (χ2v) is 7.48. The van der Waals surface area contributed by atoms with E-state index in [1.165, 1.54) is 12.8 Å². The molecule has 3 N–H and O–H groups in total. The lowest BCUT2D eigenvalue weighted by molar-refractivity contribution is 0.560. The molecule has 1 saturated carbocycles. The summed E-state index contributed by atoms with van der Waals surface area (Å²) in [7, 11) is -3.52. The van der Waals surface area contributed by atoms with Crippen LogP contribution in [0.3, 0.4) is 0 Å². The highest BCUT2D eigenvalue weighted by Crippen LogP contribution is 2.31. The van der Waals surface area contributed by atoms with E-state index in [2.05, 4.69) is 20.2 Å². The van der Waals surface area contributed by atoms with Gasteiger partial charge in [-0.3, -0.25) is 5.10 Å². The van der Waals surface area contributed by atoms with E-state index in [1.54, 1.807) is 0 Å². The molecular weight excluding hydrogens is 276 g/mol. The standard InChI is InChI=1S/C13H24N4O2S/c1-9(2)14-8-12-10(3)16-17-13(12)20(18,19)15-7-6-11-4-5-11/h9,11,14-15H,4-8H2,1-3H3,(H,16,17). The number of aromatic amines is 1. The summed E-state index contributed by atoms with van der Waals surface area (Å²) in [5.74, 6) is 0.709. The molecule has 1 aromatic heterocycles. The van der Waals surface area contributed by atoms with Gasteiger partial charge in [0.05, 0.1) is 0 Å². The lowest BCUT2D eigenvalue weighted by Crippen LogP contribution is -2.28. The molecule has 1 aliphatic rings. The molecule has 0 spiro atoms. The summed E-state index contributed by atoms with van der Waals surface area (Å²) in [6.45, 7) is 6.89. The minimum Gasteiger partial charge on any atom is -0.310 e. The summed E-state index contributed by atoms with van der Waals surface area (Å²) in [6, 6.07) is 0.294. The van der Waals surface area contributed by atoms with E-state index >= 15 is 0 Å². The van der Waals surface area contributed by atoms with E-state index in [9.17, 15) is 8.42 Å². The van der Waals surface area contributed by atoms with Crippen molar-refractivity contribution in [3.63, 3.8) is 0 Å². The third-order valence-electron chi connectivity index (χ3n) is 3.52. The van der Waals surface area contributed by atoms with Crippen LogP contribution in [0.5, 0.6) is 0 Å². The Labute approximate surface area is 120 Å². The fourth-order valence-electron chi connectivity index (χ4n) is 2.04. The van der Waals surface area contributed by atoms with Gasteiger partial charge in [0.25, 0.3) is 10.0 Å². The minimum atomic E-state index is -3.52. The fraction of sp³-hybridized carbons (Fsp3) is 0.769. The molecule has 0 aromatic carbocycles. The van der Waals surface area contributed by atoms with E-state index in [0.717, 1.165) is 17.7 Å². The second-order valence-electron chi connectivity index (χ2n) is 5.80. The summed E-state index contributed by atoms with van der Waals surface area (Å²) < 4.78 is 27.2. The third-order valence-corrected chi connectivity index (χ3v) is 4.95. The van der Waals surface area contributed by atoms with Crippen molar-refractivity contribution in [1.82, 2.24) is 20.2 Å². The van der Waals surface area contributed by atoms with Crippen LogP contribution in [0.2, 0.25) is 0 Å². The lowest BCUT2D eigenvalue weighted by atomic mass is 10.2. The van der Waals surface area contributed by atoms with Crippen molar-refractivity contribution in [3.05, 3.63) is 11.3 Å². The van der Waals surface area contributed by atoms with Crippen molar-refractivity contribution < 1.29 is 8.42 Å². The average Bonchev–Trinajstić information content (AvgIpc) is 3.09. The summed E-state index contributed by atoms with van der Waals surface area (Å²) in [5, 5.41) is 10.1. The Bertz CT molecular complexity index is 547. The average molecular weight is 300 g/mol. The van der Waals surface area contributed by atoms with Gasteiger partial charge in [-0.25, -0.2) is 13.1 Å². The lowest BCUT2D eigenvalue weighted by Gasteiger charge is -2.10. The number of rotatable bonds is 8. The maximum atomic E-state index is 12.3. The Morgan fingerprint density at radius 1 is 1.40 bits per heavy atom. The van der Waals surface area contributed by atoms with Crippen LogP contribution in [-0.2, 0) is 16.6 Å². The van der Waals surface area contributed by atoms with E-state index in [4.69, 9.17) is 0 Å². The van der Waals surface area contributed by atoms with Crippen LogP contribution in [-0.4, -0.2) is 31.2 Å². The maximum Gasteiger partial charge on any atom is 0.260 e. The highest BCUT2D eigenvalue weighted by molar-refractivity contribution is 7.89. The largest absolute Gasteiger partial charge is 0.310 e. The van der Waals surface area contributed by atoms with Gasteiger partial charge in [0.15, 0.2) is 5.03 Å². The van der Waals surface area contributed by atoms with Crippen molar-refractivity contribution in [2.24, 2.45) is 5.92 Å². The molecule has 0 amide bonds. The van der Waals surface area contributed by atoms with Crippen LogP contribution >= 0.6 is 0 Å². The molecule has 2 rings (SSSR count). The number of aromatic nitrogens is 2. The monoisotopic (exact) mass is 300 g/mol. The van der Waals surface area contributed by atoms with Gasteiger partial charge in [0.2, 0.25) is 0 Å². The Morgan fingerprint density at radius 3 is 2.70 bits per heavy atom. The van der Waals surface area contributed by atoms with Crippen LogP contribution in [0.4, 0.5) is 0 Å². The van der Waals surface area contributed by atoms with Crippen LogP contribution in [0.25, 0.3) is 0 Å². The van der Waals surface area contributed by atoms with E-state index in [1.807, 2.05) is 20.8 Å². The number of hydrogen-bond donors (Lipinski definition) is 3. The van der Waals surface area contributed by atoms with Crippen molar-refractivity contribution >= 4 is 10.0 Å². The van der Waals surface area contributed by atoms with Gasteiger partial charge in [0.1, 0.15) is 0 Å². The fourth-order valence-corrected chi connectivity index (χ4v) is 3.28. The van der Waals surface area contributed by atoms with E-state index in [0.29, 0.717) is 25.0 Å². The predicted octanol–water partition coefficient (Wildman–Crippen LogP) is 1.29. The van der Waals surface area contributed by atoms with Gasteiger partial charge in [-0.15, -0.1) is 0 Å². The molecule has 0 aliphatic heterocycles. The topological polar surface area (TPSA) is 86.9 Å². The van der Waals surface area contributed by atoms with Crippen molar-refractivity contribution in [1.29, 1.82) is 0 Å². The Morgan fingerprint density at radius 2 is 2.10 bits per heavy atom. The maximum absolute atomic E-state index is 12.3. The van der Waals surface area contributed by atoms with Gasteiger partial charge in [0, 0.05) is 30.4 Å². The molecule has 114 valence electrons. The van der Waals surface area contributed by atoms with Crippen LogP contribution in [0.15, 0.2) is 5.03 Å². The van der Waals surface area contributed by atoms with Crippen LogP contribution in [0.1, 0.15) is 44.4 Å². The number of aryl methyl sites for hydroxylation is 1. The zero-order valence-corrected chi connectivity index (χ0v) is 13.2. The number of H-pyrrole nitrogens is 1. The molecule has 7 heteroatoms. The Balaban J connectivity index is 2.05. The first-order valence-electron chi connectivity index (χ1n) is 7.17. The van der Waals surface area contributed by atoms with Crippen molar-refractivity contribution in [2.45, 2.75) is 57.6 Å². The zero-order valence-electron chi connectivity index (χ0n) is 12.4. The molecule has 1 aromatic rings. The van der Waals surface area contributed by atoms with Crippen LogP contribution in [0, 0.1) is 12.8 Å². The summed E-state index contributed by atoms with van der Waals surface area (Å²) in [5.41, 5.74) is 1.51. The SMILES string of the molecule is Cc1[nH]nc(S(=O)(=O)NCCC2CC2)c1CNC(C)C. The normalized spacial score (nSPS) is 16.0. The Hall–Kier alpha value is -0.920. The number of hydrogen-bond acceptors (Lipinski definition) is 4. The van der Waals surface area contributed by atoms with Crippen LogP contribution < -0.4 is 10.0 Å². The molecule has 1 fully saturated rings. The molecular formula is C13H24N4O2S. The van der Waals surface area contributed by atoms with Gasteiger partial charge in [-0.1, -0.05) is 26.7 Å². The predicted molar refractivity (Wildman–Crippen MR) is 77.8 cm³/mol. The summed E-state index contributed by atoms with van der Waals surface area (Å²) in [6.07, 6.45) is 3.38. The quantitative estimate of drug-likeness (QED) is 0.675. The minimum absolute atomic E-state index is 0.124. The molecule has 1 heterocycles. The molecule has 0 bridgehead atoms. The van der Waals surface area contributed by atoms with Gasteiger partial charge < -0.3 is 5.32 Å². The van der Waals surface area contributed by atoms with E-state index in [-0.39, 0.29) is 5.03 Å². The van der Waals surface area contributed by atoms with Gasteiger partial charge in [-0.2, -0.15) is 5.10 Å². The molecule has 6 nitrogen and oxygen atoms in total.